The summed E-state index contributed by atoms with van der Waals surface area (Å²) in [4.78, 5) is 131. The van der Waals surface area contributed by atoms with E-state index in [0.717, 1.165) is 0 Å². The van der Waals surface area contributed by atoms with Crippen LogP contribution in [0.2, 0.25) is 0 Å². The van der Waals surface area contributed by atoms with Crippen molar-refractivity contribution in [1.29, 1.82) is 0 Å². The van der Waals surface area contributed by atoms with Crippen LogP contribution in [0.25, 0.3) is 0 Å². The Labute approximate surface area is 473 Å². The second kappa shape index (κ2) is 28.0. The molecule has 0 aromatic rings. The molecule has 0 unspecified atom stereocenters. The molecule has 82 heavy (non-hydrogen) atoms. The fourth-order valence-corrected chi connectivity index (χ4v) is 8.32. The molecule has 2 heterocycles. The summed E-state index contributed by atoms with van der Waals surface area (Å²) in [6, 6.07) is -6.53. The first-order chi connectivity index (χ1) is 37.4. The van der Waals surface area contributed by atoms with Gasteiger partial charge in [-0.1, -0.05) is 0 Å². The second-order valence-electron chi connectivity index (χ2n) is 23.9. The van der Waals surface area contributed by atoms with Crippen LogP contribution < -0.4 is 55.3 Å². The number of carbonyl (C=O) groups is 10. The summed E-state index contributed by atoms with van der Waals surface area (Å²) < 4.78 is 80.5. The highest BCUT2D eigenvalue weighted by atomic mass is 16.7. The van der Waals surface area contributed by atoms with Crippen LogP contribution >= 0.6 is 0 Å². The monoisotopic (exact) mass is 1180 g/mol. The maximum Gasteiger partial charge on any atom is 0.408 e. The molecular formula is C48H82N10O24. The van der Waals surface area contributed by atoms with Crippen LogP contribution in [0.4, 0.5) is 47.9 Å². The average Bonchev–Trinajstić information content (AvgIpc) is 3.24. The van der Waals surface area contributed by atoms with Crippen LogP contribution in [0, 0.1) is 0 Å². The Morgan fingerprint density at radius 2 is 0.768 bits per heavy atom. The number of nitrogens with two attached hydrogens (primary N) is 5. The number of hydrogen-bond acceptors (Lipinski definition) is 24. The van der Waals surface area contributed by atoms with E-state index in [1.807, 2.05) is 0 Å². The molecule has 15 N–H and O–H groups in total. The second-order valence-corrected chi connectivity index (χ2v) is 23.9. The molecule has 0 spiro atoms. The molecule has 3 fully saturated rings. The van der Waals surface area contributed by atoms with E-state index in [1.54, 1.807) is 41.5 Å². The van der Waals surface area contributed by atoms with E-state index < -0.39 is 201 Å². The van der Waals surface area contributed by atoms with Crippen LogP contribution in [-0.4, -0.2) is 188 Å². The highest BCUT2D eigenvalue weighted by Crippen LogP contribution is 2.37. The minimum Gasteiger partial charge on any atom is -0.447 e. The third kappa shape index (κ3) is 24.3. The minimum absolute atomic E-state index is 0.425. The van der Waals surface area contributed by atoms with Gasteiger partial charge in [0.2, 0.25) is 0 Å². The standard InChI is InChI=1S/C48H82N10O24/c1-44(2,3)78-39(64)54-18-24-23(72-35(50)60)17-22(57-42(67)81-47(10,11)12)32(70-24)73-27-20(55-40(65)79-45(4,5)6)16-21(56-41(66)80-46(7,8)9)28(31(27)77-38(53)63)74-33-30(76-37(52)62)26(58-43(68)82-48(13,14)15)29(75-36(51)61)25(71-33)19-69-34(49)59/h20-33H,16-19H2,1-15H3,(H2,49,59)(H2,50,60)(H2,51,61)(H2,52,62)(H2,53,63)(H,54,64)(H,55,65)(H,56,66)(H,57,67)(H,58,68)/t20-,21+,22+,23-,24+,25+,26-,27+,28-,29+,30+,31-,32+,33+/m0/s1. The summed E-state index contributed by atoms with van der Waals surface area (Å²) in [6.07, 6.45) is -32.5. The number of alkyl carbamates (subject to hydrolysis) is 5. The smallest absolute Gasteiger partial charge is 0.408 e. The van der Waals surface area contributed by atoms with Crippen molar-refractivity contribution in [1.82, 2.24) is 26.6 Å². The third-order valence-electron chi connectivity index (χ3n) is 10.8. The highest BCUT2D eigenvalue weighted by molar-refractivity contribution is 5.72. The van der Waals surface area contributed by atoms with Crippen molar-refractivity contribution in [2.75, 3.05) is 13.2 Å². The van der Waals surface area contributed by atoms with Gasteiger partial charge in [-0.3, -0.25) is 0 Å². The van der Waals surface area contributed by atoms with E-state index >= 15 is 0 Å². The highest BCUT2D eigenvalue weighted by Gasteiger charge is 2.58. The first-order valence-corrected chi connectivity index (χ1v) is 25.7. The molecule has 0 bridgehead atoms. The van der Waals surface area contributed by atoms with Crippen LogP contribution in [-0.2, 0) is 66.3 Å². The van der Waals surface area contributed by atoms with E-state index in [-0.39, 0.29) is 0 Å². The molecule has 34 nitrogen and oxygen atoms in total. The Bertz CT molecular complexity index is 2280. The Kier molecular flexibility index (Phi) is 23.5. The van der Waals surface area contributed by atoms with Crippen molar-refractivity contribution in [3.8, 4) is 0 Å². The van der Waals surface area contributed by atoms with E-state index in [9.17, 15) is 47.9 Å². The van der Waals surface area contributed by atoms with Gasteiger partial charge in [0.15, 0.2) is 30.9 Å². The fraction of sp³-hybridized carbons (Fsp3) is 0.792. The molecular weight excluding hydrogens is 1100 g/mol. The number of amides is 10. The van der Waals surface area contributed by atoms with Crippen molar-refractivity contribution in [2.45, 2.75) is 230 Å². The van der Waals surface area contributed by atoms with Crippen LogP contribution in [0.3, 0.4) is 0 Å². The lowest BCUT2D eigenvalue weighted by molar-refractivity contribution is -0.316. The molecule has 1 aliphatic carbocycles. The van der Waals surface area contributed by atoms with E-state index in [4.69, 9.17) is 95.0 Å². The summed E-state index contributed by atoms with van der Waals surface area (Å²) in [7, 11) is 0. The van der Waals surface area contributed by atoms with Gasteiger partial charge in [-0.25, -0.2) is 47.9 Å². The predicted octanol–water partition coefficient (Wildman–Crippen LogP) is 2.05. The zero-order valence-electron chi connectivity index (χ0n) is 48.6. The van der Waals surface area contributed by atoms with Crippen LogP contribution in [0.15, 0.2) is 0 Å². The van der Waals surface area contributed by atoms with Gasteiger partial charge in [-0.2, -0.15) is 0 Å². The number of ether oxygens (including phenoxy) is 14. The molecule has 2 saturated heterocycles. The van der Waals surface area contributed by atoms with Gasteiger partial charge in [-0.15, -0.1) is 0 Å². The molecule has 0 radical (unpaired) electrons. The van der Waals surface area contributed by atoms with Crippen LogP contribution in [0.5, 0.6) is 0 Å². The fourth-order valence-electron chi connectivity index (χ4n) is 8.32. The summed E-state index contributed by atoms with van der Waals surface area (Å²) >= 11 is 0. The summed E-state index contributed by atoms with van der Waals surface area (Å²) in [5.74, 6) is 0. The maximum absolute atomic E-state index is 13.9. The number of rotatable bonds is 16. The molecule has 34 heteroatoms. The predicted molar refractivity (Wildman–Crippen MR) is 277 cm³/mol. The molecule has 3 aliphatic rings. The van der Waals surface area contributed by atoms with Crippen molar-refractivity contribution in [3.05, 3.63) is 0 Å². The summed E-state index contributed by atoms with van der Waals surface area (Å²) in [5.41, 5.74) is 22.0. The first kappa shape index (κ1) is 68.8. The molecule has 468 valence electrons. The van der Waals surface area contributed by atoms with Crippen molar-refractivity contribution in [3.63, 3.8) is 0 Å². The SMILES string of the molecule is CC(C)(C)OC(=O)NC[C@H]1O[C@H](O[C@H]2[C@H](OC(N)=O)[C@@H](O[C@H]3O[C@H](COC(N)=O)[C@@H](OC(N)=O)[C@H](NC(=O)OC(C)(C)C)[C@H]3OC(N)=O)[C@H](NC(=O)OC(C)(C)C)C[C@@H]2NC(=O)OC(C)(C)C)[C@H](NC(=O)OC(C)(C)C)C[C@@H]1OC(N)=O. The van der Waals surface area contributed by atoms with E-state index in [2.05, 4.69) is 26.6 Å². The van der Waals surface area contributed by atoms with Gasteiger partial charge in [0.1, 0.15) is 71.2 Å². The molecule has 3 rings (SSSR count). The van der Waals surface area contributed by atoms with Gasteiger partial charge < -0.3 is 122 Å². The van der Waals surface area contributed by atoms with Gasteiger partial charge in [-0.05, 0) is 110 Å². The van der Waals surface area contributed by atoms with Gasteiger partial charge >= 0.3 is 60.9 Å². The number of carbonyl (C=O) groups excluding carboxylic acids is 10. The Morgan fingerprint density at radius 1 is 0.402 bits per heavy atom. The number of hydrogen-bond donors (Lipinski definition) is 10. The topological polar surface area (TPSA) is 490 Å². The molecule has 1 saturated carbocycles. The van der Waals surface area contributed by atoms with E-state index in [1.165, 1.54) is 62.3 Å². The lowest BCUT2D eigenvalue weighted by atomic mass is 9.83. The quantitative estimate of drug-likeness (QED) is 0.0989. The Morgan fingerprint density at radius 3 is 1.18 bits per heavy atom. The molecule has 2 aliphatic heterocycles. The van der Waals surface area contributed by atoms with Gasteiger partial charge in [0.25, 0.3) is 0 Å². The van der Waals surface area contributed by atoms with E-state index in [0.29, 0.717) is 0 Å². The molecule has 0 aromatic carbocycles. The lowest BCUT2D eigenvalue weighted by Crippen LogP contribution is -2.72. The summed E-state index contributed by atoms with van der Waals surface area (Å²) in [6.45, 7) is 21.7. The van der Waals surface area contributed by atoms with Gasteiger partial charge in [0.05, 0.1) is 24.7 Å². The molecule has 10 amide bonds. The zero-order valence-corrected chi connectivity index (χ0v) is 48.6. The van der Waals surface area contributed by atoms with Crippen LogP contribution in [0.1, 0.15) is 117 Å². The minimum atomic E-state index is -2.20. The normalized spacial score (nSPS) is 27.7. The summed E-state index contributed by atoms with van der Waals surface area (Å²) in [5, 5.41) is 12.7. The average molecular weight is 1180 g/mol. The Balaban J connectivity index is 2.46. The lowest BCUT2D eigenvalue weighted by Gasteiger charge is -2.50. The van der Waals surface area contributed by atoms with Crippen molar-refractivity contribution in [2.24, 2.45) is 28.7 Å². The van der Waals surface area contributed by atoms with Crippen molar-refractivity contribution >= 4 is 60.9 Å². The van der Waals surface area contributed by atoms with Gasteiger partial charge in [0, 0.05) is 6.42 Å². The first-order valence-electron chi connectivity index (χ1n) is 25.7. The molecule has 0 aromatic heterocycles. The largest absolute Gasteiger partial charge is 0.447 e. The number of nitrogens with one attached hydrogen (secondary N) is 5. The third-order valence-corrected chi connectivity index (χ3v) is 10.8. The van der Waals surface area contributed by atoms with Crippen molar-refractivity contribution < 1.29 is 114 Å². The molecule has 14 atom stereocenters. The number of primary amides is 5. The maximum atomic E-state index is 13.9. The Hall–Kier alpha value is -7.46. The zero-order chi connectivity index (χ0) is 62.6.